The normalized spacial score (nSPS) is 20.4. The van der Waals surface area contributed by atoms with Gasteiger partial charge in [0.2, 0.25) is 0 Å². The SMILES string of the molecule is CCC(Nc1cc(-c2ccc(CN3CCOCC3)cc2)cc(C(=O)OC)c1C)[C@H]1CC[C@H](NC(=O)OC(C)(C)C)CC1. The first-order valence-corrected chi connectivity index (χ1v) is 15.4. The molecule has 230 valence electrons. The van der Waals surface area contributed by atoms with E-state index >= 15 is 0 Å². The van der Waals surface area contributed by atoms with E-state index in [9.17, 15) is 9.59 Å². The van der Waals surface area contributed by atoms with Crippen molar-refractivity contribution in [2.24, 2.45) is 5.92 Å². The quantitative estimate of drug-likeness (QED) is 0.326. The standard InChI is InChI=1S/C34H49N3O5/c1-7-30(26-12-14-28(15-13-26)35-33(39)42-34(3,4)5)36-31-21-27(20-29(23(31)2)32(38)40-6)25-10-8-24(9-11-25)22-37-16-18-41-19-17-37/h8-11,20-21,26,28,30,36H,7,12-19,22H2,1-6H3,(H,35,39)/t26-,28-,30?. The maximum Gasteiger partial charge on any atom is 0.407 e. The molecule has 0 aromatic heterocycles. The third-order valence-corrected chi connectivity index (χ3v) is 8.45. The summed E-state index contributed by atoms with van der Waals surface area (Å²) in [5.74, 6) is 0.138. The Morgan fingerprint density at radius 3 is 2.29 bits per heavy atom. The lowest BCUT2D eigenvalue weighted by Gasteiger charge is -2.35. The summed E-state index contributed by atoms with van der Waals surface area (Å²) in [6.45, 7) is 14.2. The molecule has 8 nitrogen and oxygen atoms in total. The molecule has 1 aliphatic heterocycles. The van der Waals surface area contributed by atoms with E-state index in [2.05, 4.69) is 52.8 Å². The van der Waals surface area contributed by atoms with Crippen LogP contribution < -0.4 is 10.6 Å². The average Bonchev–Trinajstić information content (AvgIpc) is 2.96. The van der Waals surface area contributed by atoms with E-state index in [4.69, 9.17) is 14.2 Å². The van der Waals surface area contributed by atoms with Crippen LogP contribution in [0.4, 0.5) is 10.5 Å². The van der Waals surface area contributed by atoms with E-state index in [-0.39, 0.29) is 24.1 Å². The minimum atomic E-state index is -0.501. The first-order chi connectivity index (χ1) is 20.1. The summed E-state index contributed by atoms with van der Waals surface area (Å²) in [4.78, 5) is 27.5. The second-order valence-electron chi connectivity index (χ2n) is 12.7. The van der Waals surface area contributed by atoms with Crippen LogP contribution >= 0.6 is 0 Å². The Hall–Kier alpha value is -3.10. The van der Waals surface area contributed by atoms with E-state index in [1.165, 1.54) is 12.7 Å². The Bertz CT molecular complexity index is 1190. The van der Waals surface area contributed by atoms with Crippen LogP contribution in [-0.2, 0) is 20.8 Å². The van der Waals surface area contributed by atoms with Crippen LogP contribution in [0.2, 0.25) is 0 Å². The number of amides is 1. The van der Waals surface area contributed by atoms with Crippen molar-refractivity contribution in [1.82, 2.24) is 10.2 Å². The number of alkyl carbamates (subject to hydrolysis) is 1. The van der Waals surface area contributed by atoms with Gasteiger partial charge in [-0.3, -0.25) is 4.90 Å². The number of esters is 1. The van der Waals surface area contributed by atoms with Gasteiger partial charge in [0, 0.05) is 37.4 Å². The largest absolute Gasteiger partial charge is 0.465 e. The molecular formula is C34H49N3O5. The van der Waals surface area contributed by atoms with Crippen molar-refractivity contribution >= 4 is 17.7 Å². The van der Waals surface area contributed by atoms with Gasteiger partial charge < -0.3 is 24.8 Å². The van der Waals surface area contributed by atoms with Crippen molar-refractivity contribution in [3.05, 3.63) is 53.1 Å². The molecule has 1 amide bonds. The molecule has 2 aromatic rings. The van der Waals surface area contributed by atoms with E-state index in [1.54, 1.807) is 0 Å². The van der Waals surface area contributed by atoms with Gasteiger partial charge in [-0.15, -0.1) is 0 Å². The minimum Gasteiger partial charge on any atom is -0.465 e. The summed E-state index contributed by atoms with van der Waals surface area (Å²) >= 11 is 0. The number of hydrogen-bond donors (Lipinski definition) is 2. The summed E-state index contributed by atoms with van der Waals surface area (Å²) in [6.07, 6.45) is 4.49. The van der Waals surface area contributed by atoms with Gasteiger partial charge in [-0.25, -0.2) is 9.59 Å². The molecule has 0 radical (unpaired) electrons. The molecule has 1 aliphatic carbocycles. The Kier molecular flexibility index (Phi) is 10.9. The van der Waals surface area contributed by atoms with Crippen molar-refractivity contribution in [3.8, 4) is 11.1 Å². The number of methoxy groups -OCH3 is 1. The zero-order valence-electron chi connectivity index (χ0n) is 26.3. The van der Waals surface area contributed by atoms with Crippen molar-refractivity contribution in [2.45, 2.75) is 91.0 Å². The van der Waals surface area contributed by atoms with Crippen LogP contribution in [-0.4, -0.2) is 68.1 Å². The molecule has 1 heterocycles. The topological polar surface area (TPSA) is 89.1 Å². The summed E-state index contributed by atoms with van der Waals surface area (Å²) in [5, 5.41) is 6.86. The molecule has 2 aliphatic rings. The van der Waals surface area contributed by atoms with Crippen LogP contribution in [0.15, 0.2) is 36.4 Å². The maximum atomic E-state index is 12.8. The lowest BCUT2D eigenvalue weighted by molar-refractivity contribution is 0.0342. The number of anilines is 1. The molecular weight excluding hydrogens is 530 g/mol. The zero-order valence-corrected chi connectivity index (χ0v) is 26.3. The highest BCUT2D eigenvalue weighted by Gasteiger charge is 2.29. The number of morpholine rings is 1. The summed E-state index contributed by atoms with van der Waals surface area (Å²) in [6, 6.07) is 13.1. The monoisotopic (exact) mass is 579 g/mol. The Morgan fingerprint density at radius 2 is 1.69 bits per heavy atom. The molecule has 1 atom stereocenters. The van der Waals surface area contributed by atoms with E-state index < -0.39 is 5.60 Å². The van der Waals surface area contributed by atoms with Crippen molar-refractivity contribution in [1.29, 1.82) is 0 Å². The smallest absolute Gasteiger partial charge is 0.407 e. The lowest BCUT2D eigenvalue weighted by Crippen LogP contribution is -2.42. The third kappa shape index (κ3) is 8.71. The third-order valence-electron chi connectivity index (χ3n) is 8.45. The molecule has 0 bridgehead atoms. The van der Waals surface area contributed by atoms with Crippen LogP contribution in [0.5, 0.6) is 0 Å². The van der Waals surface area contributed by atoms with Gasteiger partial charge in [0.25, 0.3) is 0 Å². The number of nitrogens with one attached hydrogen (secondary N) is 2. The number of hydrogen-bond acceptors (Lipinski definition) is 7. The molecule has 8 heteroatoms. The number of rotatable bonds is 9. The first-order valence-electron chi connectivity index (χ1n) is 15.4. The van der Waals surface area contributed by atoms with Crippen LogP contribution in [0.3, 0.4) is 0 Å². The summed E-state index contributed by atoms with van der Waals surface area (Å²) < 4.78 is 16.1. The lowest BCUT2D eigenvalue weighted by atomic mass is 9.80. The van der Waals surface area contributed by atoms with E-state index in [1.807, 2.05) is 33.8 Å². The second kappa shape index (κ2) is 14.4. The highest BCUT2D eigenvalue weighted by molar-refractivity contribution is 5.95. The Morgan fingerprint density at radius 1 is 1.02 bits per heavy atom. The molecule has 4 rings (SSSR count). The molecule has 2 N–H and O–H groups in total. The molecule has 1 saturated heterocycles. The number of carbonyl (C=O) groups excluding carboxylic acids is 2. The van der Waals surface area contributed by atoms with Crippen LogP contribution in [0, 0.1) is 12.8 Å². The van der Waals surface area contributed by atoms with Crippen molar-refractivity contribution < 1.29 is 23.8 Å². The fourth-order valence-electron chi connectivity index (χ4n) is 6.07. The molecule has 42 heavy (non-hydrogen) atoms. The van der Waals surface area contributed by atoms with E-state index in [0.29, 0.717) is 11.5 Å². The zero-order chi connectivity index (χ0) is 30.3. The van der Waals surface area contributed by atoms with Crippen molar-refractivity contribution in [3.63, 3.8) is 0 Å². The number of benzene rings is 2. The maximum absolute atomic E-state index is 12.8. The van der Waals surface area contributed by atoms with Gasteiger partial charge in [0.05, 0.1) is 25.9 Å². The average molecular weight is 580 g/mol. The number of carbonyl (C=O) groups is 2. The van der Waals surface area contributed by atoms with E-state index in [0.717, 1.165) is 87.3 Å². The van der Waals surface area contributed by atoms with Gasteiger partial charge >= 0.3 is 12.1 Å². The molecule has 1 saturated carbocycles. The fourth-order valence-corrected chi connectivity index (χ4v) is 6.07. The van der Waals surface area contributed by atoms with Gasteiger partial charge in [-0.1, -0.05) is 31.2 Å². The van der Waals surface area contributed by atoms with Gasteiger partial charge in [-0.05, 0) is 100 Å². The predicted molar refractivity (Wildman–Crippen MR) is 167 cm³/mol. The van der Waals surface area contributed by atoms with Gasteiger partial charge in [0.15, 0.2) is 0 Å². The van der Waals surface area contributed by atoms with Gasteiger partial charge in [0.1, 0.15) is 5.60 Å². The molecule has 0 spiro atoms. The van der Waals surface area contributed by atoms with Crippen LogP contribution in [0.25, 0.3) is 11.1 Å². The fraction of sp³-hybridized carbons (Fsp3) is 0.588. The number of nitrogens with zero attached hydrogens (tertiary/aromatic N) is 1. The highest BCUT2D eigenvalue weighted by Crippen LogP contribution is 2.34. The summed E-state index contributed by atoms with van der Waals surface area (Å²) in [7, 11) is 1.43. The molecule has 1 unspecified atom stereocenters. The second-order valence-corrected chi connectivity index (χ2v) is 12.7. The Balaban J connectivity index is 1.47. The van der Waals surface area contributed by atoms with Gasteiger partial charge in [-0.2, -0.15) is 0 Å². The Labute approximate surface area is 251 Å². The predicted octanol–water partition coefficient (Wildman–Crippen LogP) is 6.55. The van der Waals surface area contributed by atoms with Crippen molar-refractivity contribution in [2.75, 3.05) is 38.7 Å². The summed E-state index contributed by atoms with van der Waals surface area (Å²) in [5.41, 5.74) is 5.26. The molecule has 2 aromatic carbocycles. The highest BCUT2D eigenvalue weighted by atomic mass is 16.6. The first kappa shape index (κ1) is 31.8. The molecule has 2 fully saturated rings. The minimum absolute atomic E-state index is 0.135. The number of ether oxygens (including phenoxy) is 3. The van der Waals surface area contributed by atoms with Crippen LogP contribution in [0.1, 0.15) is 81.3 Å².